The molecule has 1 aliphatic heterocycles. The lowest BCUT2D eigenvalue weighted by Crippen LogP contribution is -2.48. The summed E-state index contributed by atoms with van der Waals surface area (Å²) in [5.74, 6) is 0.828. The van der Waals surface area contributed by atoms with Gasteiger partial charge in [-0.3, -0.25) is 4.79 Å². The maximum absolute atomic E-state index is 12.6. The van der Waals surface area contributed by atoms with E-state index in [1.54, 1.807) is 0 Å². The zero-order valence-electron chi connectivity index (χ0n) is 12.8. The highest BCUT2D eigenvalue weighted by molar-refractivity contribution is 5.82. The van der Waals surface area contributed by atoms with Gasteiger partial charge < -0.3 is 15.7 Å². The van der Waals surface area contributed by atoms with Crippen LogP contribution in [0.3, 0.4) is 0 Å². The number of carbonyl (C=O) groups is 1. The molecule has 3 N–H and O–H groups in total. The van der Waals surface area contributed by atoms with E-state index in [1.807, 2.05) is 0 Å². The van der Waals surface area contributed by atoms with Crippen LogP contribution in [0.4, 0.5) is 0 Å². The van der Waals surface area contributed by atoms with Gasteiger partial charge in [-0.15, -0.1) is 0 Å². The predicted octanol–water partition coefficient (Wildman–Crippen LogP) is 1.82. The van der Waals surface area contributed by atoms with Gasteiger partial charge in [0.25, 0.3) is 0 Å². The molecule has 0 aromatic heterocycles. The van der Waals surface area contributed by atoms with E-state index in [9.17, 15) is 9.90 Å². The highest BCUT2D eigenvalue weighted by atomic mass is 16.3. The Balaban J connectivity index is 1.82. The Bertz CT molecular complexity index is 300. The van der Waals surface area contributed by atoms with Crippen LogP contribution in [0.2, 0.25) is 0 Å². The van der Waals surface area contributed by atoms with Crippen molar-refractivity contribution in [2.45, 2.75) is 64.4 Å². The monoisotopic (exact) mass is 282 g/mol. The molecule has 1 heterocycles. The Morgan fingerprint density at radius 1 is 1.25 bits per heavy atom. The van der Waals surface area contributed by atoms with Crippen molar-refractivity contribution in [3.8, 4) is 0 Å². The van der Waals surface area contributed by atoms with Crippen LogP contribution in [0.1, 0.15) is 58.3 Å². The average Bonchev–Trinajstić information content (AvgIpc) is 2.47. The highest BCUT2D eigenvalue weighted by Crippen LogP contribution is 2.34. The van der Waals surface area contributed by atoms with Gasteiger partial charge in [0, 0.05) is 6.54 Å². The standard InChI is InChI=1S/C16H30N2O2/c1-2-7-16(8-10-17-11-9-16)15(20)18-12-13-3-5-14(19)6-4-13/h13-14,17,19H,2-12H2,1H3,(H,18,20). The molecule has 1 aliphatic carbocycles. The SMILES string of the molecule is CCCC1(C(=O)NCC2CCC(O)CC2)CCNCC1. The summed E-state index contributed by atoms with van der Waals surface area (Å²) in [6.45, 7) is 4.89. The van der Waals surface area contributed by atoms with Crippen molar-refractivity contribution in [2.75, 3.05) is 19.6 Å². The number of rotatable bonds is 5. The molecule has 2 aliphatic rings. The number of aliphatic hydroxyl groups excluding tert-OH is 1. The molecule has 0 radical (unpaired) electrons. The summed E-state index contributed by atoms with van der Waals surface area (Å²) in [5.41, 5.74) is -0.131. The van der Waals surface area contributed by atoms with Crippen LogP contribution >= 0.6 is 0 Å². The van der Waals surface area contributed by atoms with E-state index in [4.69, 9.17) is 0 Å². The number of hydrogen-bond donors (Lipinski definition) is 3. The first-order valence-electron chi connectivity index (χ1n) is 8.33. The first kappa shape index (κ1) is 15.8. The fourth-order valence-electron chi connectivity index (χ4n) is 3.75. The first-order chi connectivity index (χ1) is 9.66. The minimum absolute atomic E-state index is 0.113. The van der Waals surface area contributed by atoms with Gasteiger partial charge in [-0.2, -0.15) is 0 Å². The van der Waals surface area contributed by atoms with Crippen LogP contribution < -0.4 is 10.6 Å². The lowest BCUT2D eigenvalue weighted by molar-refractivity contribution is -0.133. The van der Waals surface area contributed by atoms with Gasteiger partial charge in [0.1, 0.15) is 0 Å². The van der Waals surface area contributed by atoms with Crippen molar-refractivity contribution in [3.05, 3.63) is 0 Å². The molecule has 4 nitrogen and oxygen atoms in total. The second-order valence-corrected chi connectivity index (χ2v) is 6.66. The minimum Gasteiger partial charge on any atom is -0.393 e. The Labute approximate surface area is 122 Å². The molecule has 4 heteroatoms. The van der Waals surface area contributed by atoms with E-state index in [1.165, 1.54) is 0 Å². The van der Waals surface area contributed by atoms with E-state index in [2.05, 4.69) is 17.6 Å². The van der Waals surface area contributed by atoms with Gasteiger partial charge in [-0.25, -0.2) is 0 Å². The summed E-state index contributed by atoms with van der Waals surface area (Å²) in [4.78, 5) is 12.6. The van der Waals surface area contributed by atoms with Crippen LogP contribution in [0.15, 0.2) is 0 Å². The van der Waals surface area contributed by atoms with E-state index < -0.39 is 0 Å². The number of carbonyl (C=O) groups excluding carboxylic acids is 1. The fourth-order valence-corrected chi connectivity index (χ4v) is 3.75. The van der Waals surface area contributed by atoms with Crippen LogP contribution in [0.5, 0.6) is 0 Å². The highest BCUT2D eigenvalue weighted by Gasteiger charge is 2.38. The van der Waals surface area contributed by atoms with E-state index in [-0.39, 0.29) is 17.4 Å². The van der Waals surface area contributed by atoms with E-state index in [0.29, 0.717) is 5.92 Å². The Kier molecular flexibility index (Phi) is 5.85. The van der Waals surface area contributed by atoms with Gasteiger partial charge in [0.05, 0.1) is 11.5 Å². The normalized spacial score (nSPS) is 29.9. The van der Waals surface area contributed by atoms with Crippen molar-refractivity contribution in [1.29, 1.82) is 0 Å². The summed E-state index contributed by atoms with van der Waals surface area (Å²) in [7, 11) is 0. The van der Waals surface area contributed by atoms with Crippen LogP contribution in [0.25, 0.3) is 0 Å². The van der Waals surface area contributed by atoms with Crippen LogP contribution in [0, 0.1) is 11.3 Å². The topological polar surface area (TPSA) is 61.4 Å². The smallest absolute Gasteiger partial charge is 0.226 e. The molecule has 2 rings (SSSR count). The van der Waals surface area contributed by atoms with Gasteiger partial charge in [0.15, 0.2) is 0 Å². The second kappa shape index (κ2) is 7.41. The molecule has 1 saturated heterocycles. The number of piperidine rings is 1. The molecule has 0 spiro atoms. The third-order valence-electron chi connectivity index (χ3n) is 5.14. The summed E-state index contributed by atoms with van der Waals surface area (Å²) in [5, 5.41) is 16.1. The van der Waals surface area contributed by atoms with Gasteiger partial charge in [0.2, 0.25) is 5.91 Å². The van der Waals surface area contributed by atoms with Crippen molar-refractivity contribution in [3.63, 3.8) is 0 Å². The fraction of sp³-hybridized carbons (Fsp3) is 0.938. The molecule has 20 heavy (non-hydrogen) atoms. The molecular weight excluding hydrogens is 252 g/mol. The van der Waals surface area contributed by atoms with E-state index in [0.717, 1.165) is 71.0 Å². The summed E-state index contributed by atoms with van der Waals surface area (Å²) in [6, 6.07) is 0. The van der Waals surface area contributed by atoms with Gasteiger partial charge in [-0.1, -0.05) is 13.3 Å². The van der Waals surface area contributed by atoms with Crippen LogP contribution in [-0.4, -0.2) is 36.8 Å². The van der Waals surface area contributed by atoms with Crippen molar-refractivity contribution >= 4 is 5.91 Å². The van der Waals surface area contributed by atoms with Crippen molar-refractivity contribution in [1.82, 2.24) is 10.6 Å². The molecule has 0 bridgehead atoms. The lowest BCUT2D eigenvalue weighted by Gasteiger charge is -2.37. The molecule has 0 unspecified atom stereocenters. The van der Waals surface area contributed by atoms with Crippen molar-refractivity contribution in [2.24, 2.45) is 11.3 Å². The molecule has 1 saturated carbocycles. The second-order valence-electron chi connectivity index (χ2n) is 6.66. The van der Waals surface area contributed by atoms with E-state index >= 15 is 0 Å². The molecule has 0 aromatic rings. The minimum atomic E-state index is -0.131. The summed E-state index contributed by atoms with van der Waals surface area (Å²) in [6.07, 6.45) is 7.78. The maximum Gasteiger partial charge on any atom is 0.226 e. The first-order valence-corrected chi connectivity index (χ1v) is 8.33. The third kappa shape index (κ3) is 3.95. The largest absolute Gasteiger partial charge is 0.393 e. The quantitative estimate of drug-likeness (QED) is 0.721. The average molecular weight is 282 g/mol. The predicted molar refractivity (Wildman–Crippen MR) is 80.4 cm³/mol. The third-order valence-corrected chi connectivity index (χ3v) is 5.14. The Morgan fingerprint density at radius 2 is 1.90 bits per heavy atom. The molecule has 0 aromatic carbocycles. The van der Waals surface area contributed by atoms with Gasteiger partial charge in [-0.05, 0) is 64.0 Å². The summed E-state index contributed by atoms with van der Waals surface area (Å²) < 4.78 is 0. The zero-order valence-corrected chi connectivity index (χ0v) is 12.8. The molecular formula is C16H30N2O2. The molecule has 2 fully saturated rings. The zero-order chi connectivity index (χ0) is 14.4. The lowest BCUT2D eigenvalue weighted by atomic mass is 9.74. The maximum atomic E-state index is 12.6. The Morgan fingerprint density at radius 3 is 2.50 bits per heavy atom. The van der Waals surface area contributed by atoms with Gasteiger partial charge >= 0.3 is 0 Å². The molecule has 0 atom stereocenters. The van der Waals surface area contributed by atoms with Crippen molar-refractivity contribution < 1.29 is 9.90 Å². The molecule has 1 amide bonds. The van der Waals surface area contributed by atoms with Crippen LogP contribution in [-0.2, 0) is 4.79 Å². The Hall–Kier alpha value is -0.610. The number of hydrogen-bond acceptors (Lipinski definition) is 3. The number of amides is 1. The number of aliphatic hydroxyl groups is 1. The molecule has 116 valence electrons. The summed E-state index contributed by atoms with van der Waals surface area (Å²) >= 11 is 0. The number of nitrogens with one attached hydrogen (secondary N) is 2.